The first-order valence-electron chi connectivity index (χ1n) is 6.65. The summed E-state index contributed by atoms with van der Waals surface area (Å²) in [5, 5.41) is 0. The molecule has 0 heterocycles. The van der Waals surface area contributed by atoms with E-state index < -0.39 is 0 Å². The minimum Gasteiger partial charge on any atom is -0.367 e. The van der Waals surface area contributed by atoms with Gasteiger partial charge in [0, 0.05) is 18.8 Å². The van der Waals surface area contributed by atoms with Crippen molar-refractivity contribution >= 4 is 5.69 Å². The second-order valence-electron chi connectivity index (χ2n) is 4.74. The fourth-order valence-electron chi connectivity index (χ4n) is 2.13. The zero-order valence-corrected chi connectivity index (χ0v) is 11.3. The van der Waals surface area contributed by atoms with Gasteiger partial charge in [0.1, 0.15) is 0 Å². The highest BCUT2D eigenvalue weighted by Crippen LogP contribution is 2.18. The lowest BCUT2D eigenvalue weighted by molar-refractivity contribution is 0.767. The van der Waals surface area contributed by atoms with Gasteiger partial charge in [-0.25, -0.2) is 0 Å². The number of rotatable bonds is 5. The lowest BCUT2D eigenvalue weighted by Gasteiger charge is -2.24. The standard InChI is InChI=1S/C17H21N/c1-3-13-18(14-16-7-5-4-6-8-16)17-11-9-15(2)10-12-17/h4-12H,3,13-14H2,1-2H3. The summed E-state index contributed by atoms with van der Waals surface area (Å²) in [4.78, 5) is 2.44. The number of aryl methyl sites for hydroxylation is 1. The Balaban J connectivity index is 2.15. The van der Waals surface area contributed by atoms with Crippen LogP contribution >= 0.6 is 0 Å². The molecular weight excluding hydrogens is 218 g/mol. The van der Waals surface area contributed by atoms with Gasteiger partial charge in [0.2, 0.25) is 0 Å². The maximum Gasteiger partial charge on any atom is 0.0429 e. The molecule has 94 valence electrons. The molecular formula is C17H21N. The molecule has 18 heavy (non-hydrogen) atoms. The van der Waals surface area contributed by atoms with Gasteiger partial charge >= 0.3 is 0 Å². The molecule has 0 atom stereocenters. The van der Waals surface area contributed by atoms with Crippen LogP contribution in [0.4, 0.5) is 5.69 Å². The SMILES string of the molecule is CCCN(Cc1ccccc1)c1ccc(C)cc1. The van der Waals surface area contributed by atoms with Gasteiger partial charge < -0.3 is 4.90 Å². The van der Waals surface area contributed by atoms with Gasteiger partial charge in [-0.1, -0.05) is 55.0 Å². The number of anilines is 1. The maximum absolute atomic E-state index is 2.44. The van der Waals surface area contributed by atoms with Gasteiger partial charge in [-0.3, -0.25) is 0 Å². The van der Waals surface area contributed by atoms with Gasteiger partial charge in [-0.05, 0) is 31.0 Å². The average molecular weight is 239 g/mol. The fourth-order valence-corrected chi connectivity index (χ4v) is 2.13. The molecule has 0 unspecified atom stereocenters. The Hall–Kier alpha value is -1.76. The fraction of sp³-hybridized carbons (Fsp3) is 0.294. The van der Waals surface area contributed by atoms with Crippen molar-refractivity contribution in [1.29, 1.82) is 0 Å². The molecule has 1 heteroatoms. The summed E-state index contributed by atoms with van der Waals surface area (Å²) in [7, 11) is 0. The molecule has 2 aromatic rings. The zero-order valence-electron chi connectivity index (χ0n) is 11.3. The molecule has 0 aliphatic heterocycles. The molecule has 0 spiro atoms. The van der Waals surface area contributed by atoms with Crippen LogP contribution in [0.3, 0.4) is 0 Å². The number of hydrogen-bond donors (Lipinski definition) is 0. The molecule has 2 rings (SSSR count). The topological polar surface area (TPSA) is 3.24 Å². The van der Waals surface area contributed by atoms with Crippen molar-refractivity contribution in [3.63, 3.8) is 0 Å². The summed E-state index contributed by atoms with van der Waals surface area (Å²) in [5.41, 5.74) is 3.99. The molecule has 2 aromatic carbocycles. The Bertz CT molecular complexity index is 459. The third kappa shape index (κ3) is 3.36. The van der Waals surface area contributed by atoms with E-state index in [1.54, 1.807) is 0 Å². The number of hydrogen-bond acceptors (Lipinski definition) is 1. The lowest BCUT2D eigenvalue weighted by atomic mass is 10.1. The van der Waals surface area contributed by atoms with Crippen LogP contribution in [-0.2, 0) is 6.54 Å². The summed E-state index contributed by atoms with van der Waals surface area (Å²) < 4.78 is 0. The predicted octanol–water partition coefficient (Wildman–Crippen LogP) is 4.41. The molecule has 0 aliphatic rings. The molecule has 1 nitrogen and oxygen atoms in total. The van der Waals surface area contributed by atoms with Crippen molar-refractivity contribution in [2.45, 2.75) is 26.8 Å². The molecule has 0 N–H and O–H groups in total. The highest BCUT2D eigenvalue weighted by Gasteiger charge is 2.05. The second-order valence-corrected chi connectivity index (χ2v) is 4.74. The van der Waals surface area contributed by atoms with Crippen LogP contribution in [0.25, 0.3) is 0 Å². The van der Waals surface area contributed by atoms with E-state index in [0.29, 0.717) is 0 Å². The average Bonchev–Trinajstić information content (AvgIpc) is 2.40. The summed E-state index contributed by atoms with van der Waals surface area (Å²) in [6.45, 7) is 6.44. The van der Waals surface area contributed by atoms with E-state index in [1.807, 2.05) is 0 Å². The van der Waals surface area contributed by atoms with Gasteiger partial charge in [0.15, 0.2) is 0 Å². The Morgan fingerprint density at radius 2 is 1.56 bits per heavy atom. The molecule has 0 saturated carbocycles. The first-order valence-corrected chi connectivity index (χ1v) is 6.65. The van der Waals surface area contributed by atoms with Crippen molar-refractivity contribution in [2.75, 3.05) is 11.4 Å². The number of benzene rings is 2. The predicted molar refractivity (Wildman–Crippen MR) is 79.0 cm³/mol. The normalized spacial score (nSPS) is 10.3. The van der Waals surface area contributed by atoms with Crippen LogP contribution in [0.2, 0.25) is 0 Å². The lowest BCUT2D eigenvalue weighted by Crippen LogP contribution is -2.23. The Kier molecular flexibility index (Phi) is 4.40. The highest BCUT2D eigenvalue weighted by molar-refractivity contribution is 5.48. The van der Waals surface area contributed by atoms with E-state index in [-0.39, 0.29) is 0 Å². The van der Waals surface area contributed by atoms with E-state index in [2.05, 4.69) is 73.3 Å². The first kappa shape index (κ1) is 12.7. The van der Waals surface area contributed by atoms with E-state index in [9.17, 15) is 0 Å². The molecule has 0 fully saturated rings. The van der Waals surface area contributed by atoms with Gasteiger partial charge in [0.25, 0.3) is 0 Å². The van der Waals surface area contributed by atoms with Crippen molar-refractivity contribution in [2.24, 2.45) is 0 Å². The first-order chi connectivity index (χ1) is 8.79. The van der Waals surface area contributed by atoms with E-state index in [1.165, 1.54) is 23.2 Å². The Morgan fingerprint density at radius 1 is 0.889 bits per heavy atom. The summed E-state index contributed by atoms with van der Waals surface area (Å²) >= 11 is 0. The Labute approximate surface area is 110 Å². The molecule has 0 aromatic heterocycles. The summed E-state index contributed by atoms with van der Waals surface area (Å²) in [5.74, 6) is 0. The van der Waals surface area contributed by atoms with Crippen molar-refractivity contribution in [3.05, 3.63) is 65.7 Å². The largest absolute Gasteiger partial charge is 0.367 e. The zero-order chi connectivity index (χ0) is 12.8. The third-order valence-corrected chi connectivity index (χ3v) is 3.11. The quantitative estimate of drug-likeness (QED) is 0.747. The maximum atomic E-state index is 2.44. The Morgan fingerprint density at radius 3 is 2.17 bits per heavy atom. The molecule has 0 bridgehead atoms. The van der Waals surface area contributed by atoms with Crippen LogP contribution in [-0.4, -0.2) is 6.54 Å². The van der Waals surface area contributed by atoms with Crippen molar-refractivity contribution in [1.82, 2.24) is 0 Å². The third-order valence-electron chi connectivity index (χ3n) is 3.11. The summed E-state index contributed by atoms with van der Waals surface area (Å²) in [6, 6.07) is 19.5. The van der Waals surface area contributed by atoms with Gasteiger partial charge in [-0.2, -0.15) is 0 Å². The van der Waals surface area contributed by atoms with Gasteiger partial charge in [-0.15, -0.1) is 0 Å². The minimum absolute atomic E-state index is 0.984. The van der Waals surface area contributed by atoms with Crippen LogP contribution in [0, 0.1) is 6.92 Å². The second kappa shape index (κ2) is 6.25. The molecule has 0 aliphatic carbocycles. The monoisotopic (exact) mass is 239 g/mol. The van der Waals surface area contributed by atoms with Crippen LogP contribution in [0.15, 0.2) is 54.6 Å². The minimum atomic E-state index is 0.984. The van der Waals surface area contributed by atoms with Crippen LogP contribution < -0.4 is 4.90 Å². The van der Waals surface area contributed by atoms with Gasteiger partial charge in [0.05, 0.1) is 0 Å². The molecule has 0 radical (unpaired) electrons. The van der Waals surface area contributed by atoms with Crippen LogP contribution in [0.1, 0.15) is 24.5 Å². The molecule has 0 saturated heterocycles. The van der Waals surface area contributed by atoms with Crippen molar-refractivity contribution in [3.8, 4) is 0 Å². The highest BCUT2D eigenvalue weighted by atomic mass is 15.1. The summed E-state index contributed by atoms with van der Waals surface area (Å²) in [6.07, 6.45) is 1.17. The van der Waals surface area contributed by atoms with E-state index in [4.69, 9.17) is 0 Å². The van der Waals surface area contributed by atoms with E-state index >= 15 is 0 Å². The van der Waals surface area contributed by atoms with Crippen LogP contribution in [0.5, 0.6) is 0 Å². The molecule has 0 amide bonds. The van der Waals surface area contributed by atoms with Crippen molar-refractivity contribution < 1.29 is 0 Å². The smallest absolute Gasteiger partial charge is 0.0429 e. The van der Waals surface area contributed by atoms with E-state index in [0.717, 1.165) is 13.1 Å². The number of nitrogens with zero attached hydrogens (tertiary/aromatic N) is 1.